The molecule has 0 saturated carbocycles. The zero-order chi connectivity index (χ0) is 14.3. The van der Waals surface area contributed by atoms with E-state index < -0.39 is 11.9 Å². The number of fused-ring (bicyclic) bond motifs is 1. The van der Waals surface area contributed by atoms with Gasteiger partial charge >= 0.3 is 0 Å². The fourth-order valence-electron chi connectivity index (χ4n) is 2.63. The van der Waals surface area contributed by atoms with Crippen molar-refractivity contribution < 1.29 is 14.4 Å². The maximum Gasteiger partial charge on any atom is 0.255 e. The first-order valence-corrected chi connectivity index (χ1v) is 6.25. The molecule has 1 fully saturated rings. The van der Waals surface area contributed by atoms with Crippen molar-refractivity contribution in [2.24, 2.45) is 0 Å². The van der Waals surface area contributed by atoms with Crippen LogP contribution in [-0.2, 0) is 16.1 Å². The highest BCUT2D eigenvalue weighted by Gasteiger charge is 2.38. The normalized spacial score (nSPS) is 21.4. The minimum absolute atomic E-state index is 0.217. The van der Waals surface area contributed by atoms with Crippen LogP contribution >= 0.6 is 0 Å². The van der Waals surface area contributed by atoms with E-state index >= 15 is 0 Å². The summed E-state index contributed by atoms with van der Waals surface area (Å²) in [6.45, 7) is 7.29. The van der Waals surface area contributed by atoms with E-state index in [4.69, 9.17) is 6.57 Å². The van der Waals surface area contributed by atoms with Gasteiger partial charge in [0.25, 0.3) is 5.91 Å². The summed E-state index contributed by atoms with van der Waals surface area (Å²) >= 11 is 0. The maximum absolute atomic E-state index is 12.3. The molecule has 100 valence electrons. The van der Waals surface area contributed by atoms with Crippen LogP contribution in [0.25, 0.3) is 4.85 Å². The van der Waals surface area contributed by atoms with Crippen LogP contribution in [0.3, 0.4) is 0 Å². The molecule has 1 saturated heterocycles. The average molecular weight is 269 g/mol. The molecule has 0 radical (unpaired) electrons. The molecule has 1 unspecified atom stereocenters. The van der Waals surface area contributed by atoms with Gasteiger partial charge < -0.3 is 4.90 Å². The molecule has 1 aromatic rings. The predicted molar refractivity (Wildman–Crippen MR) is 68.7 cm³/mol. The van der Waals surface area contributed by atoms with Crippen LogP contribution in [0, 0.1) is 6.57 Å². The van der Waals surface area contributed by atoms with Gasteiger partial charge in [-0.3, -0.25) is 19.7 Å². The fourth-order valence-corrected chi connectivity index (χ4v) is 2.63. The topological polar surface area (TPSA) is 70.8 Å². The Morgan fingerprint density at radius 2 is 2.10 bits per heavy atom. The van der Waals surface area contributed by atoms with Gasteiger partial charge in [0.1, 0.15) is 6.04 Å². The van der Waals surface area contributed by atoms with Gasteiger partial charge in [-0.15, -0.1) is 0 Å². The zero-order valence-electron chi connectivity index (χ0n) is 10.5. The van der Waals surface area contributed by atoms with Gasteiger partial charge in [-0.1, -0.05) is 18.2 Å². The van der Waals surface area contributed by atoms with E-state index in [1.54, 1.807) is 18.2 Å². The Bertz CT molecular complexity index is 675. The van der Waals surface area contributed by atoms with Gasteiger partial charge in [-0.25, -0.2) is 4.85 Å². The Morgan fingerprint density at radius 1 is 1.30 bits per heavy atom. The molecule has 2 heterocycles. The van der Waals surface area contributed by atoms with E-state index in [0.29, 0.717) is 24.2 Å². The third-order valence-corrected chi connectivity index (χ3v) is 3.64. The number of rotatable bonds is 1. The van der Waals surface area contributed by atoms with Crippen LogP contribution in [0.5, 0.6) is 0 Å². The van der Waals surface area contributed by atoms with Crippen LogP contribution in [0.1, 0.15) is 28.8 Å². The number of hydrogen-bond acceptors (Lipinski definition) is 3. The second-order valence-corrected chi connectivity index (χ2v) is 4.85. The molecule has 2 aliphatic rings. The quantitative estimate of drug-likeness (QED) is 0.610. The molecule has 3 amide bonds. The number of carbonyl (C=O) groups is 3. The fraction of sp³-hybridized carbons (Fsp3) is 0.286. The highest BCUT2D eigenvalue weighted by atomic mass is 16.2. The van der Waals surface area contributed by atoms with Crippen molar-refractivity contribution in [1.82, 2.24) is 10.2 Å². The van der Waals surface area contributed by atoms with Crippen molar-refractivity contribution in [2.75, 3.05) is 0 Å². The molecule has 0 spiro atoms. The second kappa shape index (κ2) is 4.46. The Hall–Kier alpha value is -2.68. The van der Waals surface area contributed by atoms with Crippen LogP contribution in [0.15, 0.2) is 18.2 Å². The highest BCUT2D eigenvalue weighted by molar-refractivity contribution is 6.05. The Balaban J connectivity index is 1.88. The maximum atomic E-state index is 12.3. The van der Waals surface area contributed by atoms with E-state index in [2.05, 4.69) is 10.2 Å². The first-order chi connectivity index (χ1) is 9.60. The summed E-state index contributed by atoms with van der Waals surface area (Å²) in [4.78, 5) is 40.1. The molecular formula is C14H11N3O3. The molecule has 1 N–H and O–H groups in total. The van der Waals surface area contributed by atoms with Crippen molar-refractivity contribution in [2.45, 2.75) is 25.4 Å². The lowest BCUT2D eigenvalue weighted by atomic mass is 10.0. The van der Waals surface area contributed by atoms with Crippen LogP contribution in [0.4, 0.5) is 5.69 Å². The van der Waals surface area contributed by atoms with Crippen molar-refractivity contribution in [3.05, 3.63) is 40.7 Å². The molecule has 2 aliphatic heterocycles. The summed E-state index contributed by atoms with van der Waals surface area (Å²) in [5.74, 6) is -0.940. The highest BCUT2D eigenvalue weighted by Crippen LogP contribution is 2.30. The SMILES string of the molecule is [C-]#[N+]c1ccc2c(c1)CN(C1CCC(=O)NC1=O)C2=O. The zero-order valence-corrected chi connectivity index (χ0v) is 10.5. The Morgan fingerprint density at radius 3 is 2.80 bits per heavy atom. The summed E-state index contributed by atoms with van der Waals surface area (Å²) in [6, 6.07) is 4.28. The molecule has 6 nitrogen and oxygen atoms in total. The number of hydrogen-bond donors (Lipinski definition) is 1. The minimum Gasteiger partial charge on any atom is -0.322 e. The molecular weight excluding hydrogens is 258 g/mol. The smallest absolute Gasteiger partial charge is 0.255 e. The molecule has 0 bridgehead atoms. The van der Waals surface area contributed by atoms with Gasteiger partial charge in [-0.05, 0) is 12.0 Å². The second-order valence-electron chi connectivity index (χ2n) is 4.85. The summed E-state index contributed by atoms with van der Waals surface area (Å²) < 4.78 is 0. The number of nitrogens with one attached hydrogen (secondary N) is 1. The lowest BCUT2D eigenvalue weighted by Crippen LogP contribution is -2.52. The molecule has 1 aromatic carbocycles. The Labute approximate surface area is 115 Å². The standard InChI is InChI=1S/C14H11N3O3/c1-15-9-2-3-10-8(6-9)7-17(14(10)20)11-4-5-12(18)16-13(11)19/h2-3,6,11H,4-5,7H2,(H,16,18,19). The van der Waals surface area contributed by atoms with E-state index in [9.17, 15) is 14.4 Å². The monoisotopic (exact) mass is 269 g/mol. The summed E-state index contributed by atoms with van der Waals surface area (Å²) in [5.41, 5.74) is 1.76. The van der Waals surface area contributed by atoms with Gasteiger partial charge in [0.05, 0.1) is 6.57 Å². The number of benzene rings is 1. The summed E-state index contributed by atoms with van der Waals surface area (Å²) in [7, 11) is 0. The van der Waals surface area contributed by atoms with Crippen LogP contribution in [-0.4, -0.2) is 28.7 Å². The molecule has 0 aliphatic carbocycles. The molecule has 6 heteroatoms. The van der Waals surface area contributed by atoms with E-state index in [1.165, 1.54) is 4.90 Å². The molecule has 1 atom stereocenters. The Kier molecular flexibility index (Phi) is 2.75. The number of amides is 3. The van der Waals surface area contributed by atoms with E-state index in [0.717, 1.165) is 5.56 Å². The largest absolute Gasteiger partial charge is 0.322 e. The first-order valence-electron chi connectivity index (χ1n) is 6.25. The number of nitrogens with zero attached hydrogens (tertiary/aromatic N) is 2. The molecule has 0 aromatic heterocycles. The first kappa shape index (κ1) is 12.4. The third kappa shape index (κ3) is 1.84. The number of imide groups is 1. The van der Waals surface area contributed by atoms with Gasteiger partial charge in [0, 0.05) is 18.5 Å². The summed E-state index contributed by atoms with van der Waals surface area (Å²) in [5, 5.41) is 2.26. The molecule has 3 rings (SSSR count). The van der Waals surface area contributed by atoms with Gasteiger partial charge in [-0.2, -0.15) is 0 Å². The minimum atomic E-state index is -0.607. The lowest BCUT2D eigenvalue weighted by Gasteiger charge is -2.29. The van der Waals surface area contributed by atoms with Crippen LogP contribution in [0.2, 0.25) is 0 Å². The van der Waals surface area contributed by atoms with Crippen molar-refractivity contribution >= 4 is 23.4 Å². The average Bonchev–Trinajstić information content (AvgIpc) is 2.75. The number of piperidine rings is 1. The number of carbonyl (C=O) groups excluding carboxylic acids is 3. The van der Waals surface area contributed by atoms with Gasteiger partial charge in [0.2, 0.25) is 11.8 Å². The van der Waals surface area contributed by atoms with Gasteiger partial charge in [0.15, 0.2) is 5.69 Å². The van der Waals surface area contributed by atoms with Crippen molar-refractivity contribution in [3.8, 4) is 0 Å². The van der Waals surface area contributed by atoms with Crippen LogP contribution < -0.4 is 5.32 Å². The van der Waals surface area contributed by atoms with Crippen molar-refractivity contribution in [3.63, 3.8) is 0 Å². The molecule has 20 heavy (non-hydrogen) atoms. The predicted octanol–water partition coefficient (Wildman–Crippen LogP) is 0.998. The van der Waals surface area contributed by atoms with E-state index in [1.807, 2.05) is 0 Å². The lowest BCUT2D eigenvalue weighted by molar-refractivity contribution is -0.136. The summed E-state index contributed by atoms with van der Waals surface area (Å²) in [6.07, 6.45) is 0.587. The third-order valence-electron chi connectivity index (χ3n) is 3.64. The van der Waals surface area contributed by atoms with E-state index in [-0.39, 0.29) is 18.2 Å². The van der Waals surface area contributed by atoms with Crippen molar-refractivity contribution in [1.29, 1.82) is 0 Å².